The lowest BCUT2D eigenvalue weighted by Gasteiger charge is -2.24. The highest BCUT2D eigenvalue weighted by molar-refractivity contribution is 6.32. The fraction of sp³-hybridized carbons (Fsp3) is 0.160. The van der Waals surface area contributed by atoms with Gasteiger partial charge in [-0.25, -0.2) is 4.98 Å². The molecule has 5 rings (SSSR count). The molecule has 0 N–H and O–H groups in total. The van der Waals surface area contributed by atoms with Crippen LogP contribution >= 0.6 is 11.6 Å². The van der Waals surface area contributed by atoms with Gasteiger partial charge in [0, 0.05) is 10.7 Å². The number of halogens is 1. The van der Waals surface area contributed by atoms with Crippen LogP contribution in [0.25, 0.3) is 11.0 Å². The van der Waals surface area contributed by atoms with Crippen molar-refractivity contribution in [1.82, 2.24) is 4.98 Å². The summed E-state index contributed by atoms with van der Waals surface area (Å²) in [6, 6.07) is 15.3. The number of hydrogen-bond donors (Lipinski definition) is 0. The lowest BCUT2D eigenvalue weighted by molar-refractivity contribution is 0.0970. The molecule has 1 amide bonds. The van der Waals surface area contributed by atoms with E-state index in [-0.39, 0.29) is 16.8 Å². The Morgan fingerprint density at radius 3 is 2.50 bits per heavy atom. The van der Waals surface area contributed by atoms with Crippen LogP contribution in [0.2, 0.25) is 5.02 Å². The number of carbonyl (C=O) groups excluding carboxylic acids is 1. The maximum atomic E-state index is 13.6. The fourth-order valence-electron chi connectivity index (χ4n) is 4.09. The zero-order valence-corrected chi connectivity index (χ0v) is 18.4. The number of fused-ring (bicyclic) bond motifs is 2. The Hall–Kier alpha value is -3.64. The molecule has 32 heavy (non-hydrogen) atoms. The highest BCUT2D eigenvalue weighted by Gasteiger charge is 2.44. The van der Waals surface area contributed by atoms with Crippen molar-refractivity contribution in [2.75, 3.05) is 12.0 Å². The Labute approximate surface area is 189 Å². The van der Waals surface area contributed by atoms with Crippen LogP contribution in [0.1, 0.15) is 39.0 Å². The average molecular weight is 447 g/mol. The average Bonchev–Trinajstić information content (AvgIpc) is 3.08. The van der Waals surface area contributed by atoms with Crippen LogP contribution in [0, 0.1) is 13.8 Å². The standard InChI is InChI=1S/C25H19ClN2O4/c1-13-11-19-17(12-18(13)26)23(29)21-22(15-7-9-16(31-3)10-8-15)28(25(30)24(21)32-19)20-6-4-5-14(2)27-20/h4-12,22H,1-3H3. The van der Waals surface area contributed by atoms with Crippen molar-refractivity contribution in [1.29, 1.82) is 0 Å². The van der Waals surface area contributed by atoms with E-state index in [4.69, 9.17) is 20.8 Å². The summed E-state index contributed by atoms with van der Waals surface area (Å²) in [5.74, 6) is 0.727. The molecule has 4 aromatic rings. The molecule has 0 fully saturated rings. The third kappa shape index (κ3) is 3.07. The van der Waals surface area contributed by atoms with Gasteiger partial charge in [-0.05, 0) is 61.4 Å². The first kappa shape index (κ1) is 20.3. The molecule has 0 aliphatic carbocycles. The van der Waals surface area contributed by atoms with Crippen LogP contribution in [0.5, 0.6) is 5.75 Å². The summed E-state index contributed by atoms with van der Waals surface area (Å²) in [5.41, 5.74) is 2.58. The summed E-state index contributed by atoms with van der Waals surface area (Å²) in [6.07, 6.45) is 0. The number of anilines is 1. The molecule has 3 heterocycles. The molecule has 160 valence electrons. The summed E-state index contributed by atoms with van der Waals surface area (Å²) in [7, 11) is 1.58. The number of rotatable bonds is 3. The topological polar surface area (TPSA) is 72.6 Å². The van der Waals surface area contributed by atoms with Crippen molar-refractivity contribution in [2.45, 2.75) is 19.9 Å². The van der Waals surface area contributed by atoms with Gasteiger partial charge in [0.25, 0.3) is 5.91 Å². The van der Waals surface area contributed by atoms with Gasteiger partial charge in [0.1, 0.15) is 17.2 Å². The summed E-state index contributed by atoms with van der Waals surface area (Å²) >= 11 is 6.29. The van der Waals surface area contributed by atoms with Crippen molar-refractivity contribution < 1.29 is 13.9 Å². The predicted molar refractivity (Wildman–Crippen MR) is 123 cm³/mol. The molecule has 1 aliphatic heterocycles. The van der Waals surface area contributed by atoms with Crippen molar-refractivity contribution >= 4 is 34.3 Å². The number of pyridine rings is 1. The van der Waals surface area contributed by atoms with Crippen LogP contribution in [-0.4, -0.2) is 18.0 Å². The van der Waals surface area contributed by atoms with E-state index in [1.165, 1.54) is 4.90 Å². The first-order valence-corrected chi connectivity index (χ1v) is 10.4. The highest BCUT2D eigenvalue weighted by atomic mass is 35.5. The van der Waals surface area contributed by atoms with Gasteiger partial charge in [-0.15, -0.1) is 0 Å². The van der Waals surface area contributed by atoms with Gasteiger partial charge in [0.2, 0.25) is 5.76 Å². The van der Waals surface area contributed by atoms with Gasteiger partial charge in [-0.1, -0.05) is 29.8 Å². The Morgan fingerprint density at radius 2 is 1.81 bits per heavy atom. The number of methoxy groups -OCH3 is 1. The van der Waals surface area contributed by atoms with Crippen molar-refractivity contribution in [2.24, 2.45) is 0 Å². The number of nitrogens with zero attached hydrogens (tertiary/aromatic N) is 2. The molecule has 1 unspecified atom stereocenters. The zero-order chi connectivity index (χ0) is 22.6. The van der Waals surface area contributed by atoms with Crippen molar-refractivity contribution in [3.8, 4) is 5.75 Å². The van der Waals surface area contributed by atoms with Gasteiger partial charge in [-0.3, -0.25) is 14.5 Å². The molecule has 6 nitrogen and oxygen atoms in total. The second-order valence-corrected chi connectivity index (χ2v) is 8.17. The van der Waals surface area contributed by atoms with E-state index >= 15 is 0 Å². The van der Waals surface area contributed by atoms with Gasteiger partial charge in [0.05, 0.1) is 24.1 Å². The summed E-state index contributed by atoms with van der Waals surface area (Å²) in [4.78, 5) is 33.3. The number of amides is 1. The minimum atomic E-state index is -0.696. The van der Waals surface area contributed by atoms with Crippen LogP contribution in [0.4, 0.5) is 5.82 Å². The predicted octanol–water partition coefficient (Wildman–Crippen LogP) is 5.22. The summed E-state index contributed by atoms with van der Waals surface area (Å²) in [5, 5.41) is 0.803. The van der Waals surface area contributed by atoms with E-state index in [1.807, 2.05) is 38.1 Å². The van der Waals surface area contributed by atoms with E-state index in [2.05, 4.69) is 4.98 Å². The lowest BCUT2D eigenvalue weighted by atomic mass is 9.98. The first-order valence-electron chi connectivity index (χ1n) is 10.1. The molecule has 2 aromatic heterocycles. The third-order valence-corrected chi connectivity index (χ3v) is 6.11. The van der Waals surface area contributed by atoms with Crippen LogP contribution in [0.3, 0.4) is 0 Å². The largest absolute Gasteiger partial charge is 0.497 e. The van der Waals surface area contributed by atoms with Gasteiger partial charge >= 0.3 is 0 Å². The Morgan fingerprint density at radius 1 is 1.06 bits per heavy atom. The second kappa shape index (κ2) is 7.50. The van der Waals surface area contributed by atoms with E-state index in [0.717, 1.165) is 16.8 Å². The molecular formula is C25H19ClN2O4. The molecule has 1 aliphatic rings. The van der Waals surface area contributed by atoms with E-state index in [0.29, 0.717) is 27.6 Å². The number of carbonyl (C=O) groups is 1. The van der Waals surface area contributed by atoms with Gasteiger partial charge in [0.15, 0.2) is 5.43 Å². The monoisotopic (exact) mass is 446 g/mol. The second-order valence-electron chi connectivity index (χ2n) is 7.76. The molecule has 0 saturated heterocycles. The number of hydrogen-bond acceptors (Lipinski definition) is 5. The van der Waals surface area contributed by atoms with Crippen molar-refractivity contribution in [3.63, 3.8) is 0 Å². The van der Waals surface area contributed by atoms with Crippen LogP contribution < -0.4 is 15.1 Å². The molecule has 0 radical (unpaired) electrons. The summed E-state index contributed by atoms with van der Waals surface area (Å²) in [6.45, 7) is 3.67. The first-order chi connectivity index (χ1) is 15.4. The Kier molecular flexibility index (Phi) is 4.75. The smallest absolute Gasteiger partial charge is 0.296 e. The van der Waals surface area contributed by atoms with E-state index < -0.39 is 11.9 Å². The number of benzene rings is 2. The number of ether oxygens (including phenoxy) is 1. The summed E-state index contributed by atoms with van der Waals surface area (Å²) < 4.78 is 11.3. The minimum Gasteiger partial charge on any atom is -0.497 e. The highest BCUT2D eigenvalue weighted by Crippen LogP contribution is 2.41. The van der Waals surface area contributed by atoms with E-state index in [9.17, 15) is 9.59 Å². The Balaban J connectivity index is 1.81. The maximum Gasteiger partial charge on any atom is 0.296 e. The normalized spacial score (nSPS) is 15.3. The Bertz CT molecular complexity index is 1440. The van der Waals surface area contributed by atoms with Crippen molar-refractivity contribution in [3.05, 3.63) is 98.0 Å². The molecule has 0 saturated carbocycles. The number of aromatic nitrogens is 1. The third-order valence-electron chi connectivity index (χ3n) is 5.70. The van der Waals surface area contributed by atoms with Gasteiger partial charge < -0.3 is 9.15 Å². The molecule has 0 spiro atoms. The zero-order valence-electron chi connectivity index (χ0n) is 17.7. The van der Waals surface area contributed by atoms with Gasteiger partial charge in [-0.2, -0.15) is 0 Å². The minimum absolute atomic E-state index is 0.0216. The molecule has 7 heteroatoms. The molecule has 0 bridgehead atoms. The number of aryl methyl sites for hydroxylation is 2. The molecular weight excluding hydrogens is 428 g/mol. The maximum absolute atomic E-state index is 13.6. The van der Waals surface area contributed by atoms with Crippen LogP contribution in [0.15, 0.2) is 63.8 Å². The lowest BCUT2D eigenvalue weighted by Crippen LogP contribution is -2.30. The molecule has 1 atom stereocenters. The van der Waals surface area contributed by atoms with E-state index in [1.54, 1.807) is 37.4 Å². The fourth-order valence-corrected chi connectivity index (χ4v) is 4.26. The SMILES string of the molecule is COc1ccc(C2c3c(oc4cc(C)c(Cl)cc4c3=O)C(=O)N2c2cccc(C)n2)cc1. The molecule has 2 aromatic carbocycles. The van der Waals surface area contributed by atoms with Crippen LogP contribution in [-0.2, 0) is 0 Å². The quantitative estimate of drug-likeness (QED) is 0.431.